The third kappa shape index (κ3) is 5.01. The van der Waals surface area contributed by atoms with Crippen molar-refractivity contribution in [1.29, 1.82) is 0 Å². The van der Waals surface area contributed by atoms with Crippen LogP contribution in [0, 0.1) is 0 Å². The van der Waals surface area contributed by atoms with Crippen molar-refractivity contribution in [2.75, 3.05) is 0 Å². The van der Waals surface area contributed by atoms with Crippen molar-refractivity contribution in [1.82, 2.24) is 19.5 Å². The van der Waals surface area contributed by atoms with Gasteiger partial charge in [0, 0.05) is 54.1 Å². The molecule has 2 unspecified atom stereocenters. The molecule has 6 heteroatoms. The monoisotopic (exact) mass is 786 g/mol. The smallest absolute Gasteiger partial charge is 0.165 e. The van der Waals surface area contributed by atoms with Gasteiger partial charge in [-0.2, -0.15) is 0 Å². The van der Waals surface area contributed by atoms with Crippen molar-refractivity contribution >= 4 is 92.8 Å². The van der Waals surface area contributed by atoms with Crippen molar-refractivity contribution in [3.63, 3.8) is 0 Å². The minimum atomic E-state index is -0.0554. The number of furan rings is 1. The molecule has 5 nitrogen and oxygen atoms in total. The molecule has 0 N–H and O–H groups in total. The molecule has 2 atom stereocenters. The summed E-state index contributed by atoms with van der Waals surface area (Å²) in [5.74, 6) is 2.11. The molecule has 8 aromatic carbocycles. The van der Waals surface area contributed by atoms with E-state index in [0.29, 0.717) is 11.6 Å². The Hall–Kier alpha value is -7.41. The van der Waals surface area contributed by atoms with Gasteiger partial charge >= 0.3 is 0 Å². The molecule has 282 valence electrons. The zero-order chi connectivity index (χ0) is 39.5. The van der Waals surface area contributed by atoms with Crippen LogP contribution in [0.1, 0.15) is 35.0 Å². The molecule has 0 aliphatic heterocycles. The lowest BCUT2D eigenvalue weighted by Gasteiger charge is -2.24. The van der Waals surface area contributed by atoms with Crippen LogP contribution < -0.4 is 0 Å². The van der Waals surface area contributed by atoms with E-state index in [1.807, 2.05) is 29.5 Å². The number of para-hydroxylation sites is 1. The van der Waals surface area contributed by atoms with Gasteiger partial charge in [-0.15, -0.1) is 11.3 Å². The van der Waals surface area contributed by atoms with Gasteiger partial charge in [-0.3, -0.25) is 0 Å². The highest BCUT2D eigenvalue weighted by Gasteiger charge is 2.31. The number of allylic oxidation sites excluding steroid dienone is 1. The van der Waals surface area contributed by atoms with Crippen LogP contribution in [-0.2, 0) is 0 Å². The third-order valence-corrected chi connectivity index (χ3v) is 13.9. The topological polar surface area (TPSA) is 56.7 Å². The summed E-state index contributed by atoms with van der Waals surface area (Å²) >= 11 is 1.88. The first-order valence-electron chi connectivity index (χ1n) is 20.5. The number of hydrogen-bond acceptors (Lipinski definition) is 5. The van der Waals surface area contributed by atoms with Crippen molar-refractivity contribution in [2.45, 2.75) is 18.8 Å². The predicted octanol–water partition coefficient (Wildman–Crippen LogP) is 14.6. The Morgan fingerprint density at radius 1 is 0.533 bits per heavy atom. The maximum absolute atomic E-state index is 6.78. The normalized spacial score (nSPS) is 15.3. The third-order valence-electron chi connectivity index (χ3n) is 12.5. The van der Waals surface area contributed by atoms with Crippen molar-refractivity contribution in [3.05, 3.63) is 186 Å². The lowest BCUT2D eigenvalue weighted by atomic mass is 9.84. The van der Waals surface area contributed by atoms with Crippen molar-refractivity contribution in [3.8, 4) is 28.5 Å². The summed E-state index contributed by atoms with van der Waals surface area (Å²) in [6.45, 7) is 2.31. The molecule has 0 radical (unpaired) electrons. The summed E-state index contributed by atoms with van der Waals surface area (Å²) in [5, 5.41) is 10.5. The summed E-state index contributed by atoms with van der Waals surface area (Å²) in [5.41, 5.74) is 7.97. The van der Waals surface area contributed by atoms with Crippen LogP contribution >= 0.6 is 11.3 Å². The minimum Gasteiger partial charge on any atom is -0.456 e. The van der Waals surface area contributed by atoms with E-state index in [-0.39, 0.29) is 11.8 Å². The number of benzene rings is 8. The molecule has 13 rings (SSSR count). The molecule has 0 saturated heterocycles. The van der Waals surface area contributed by atoms with Gasteiger partial charge in [-0.25, -0.2) is 15.0 Å². The Labute approximate surface area is 348 Å². The SMILES string of the molecule is CC1c2sc3ccccc3c2C=CC1c1nc(-c2ccccc2)nc(-c2cc3oc4cc5ccccc5cc4c3cc2-n2c3ccccc3c3cc4ccccc4cc32)n1. The van der Waals surface area contributed by atoms with Gasteiger partial charge in [0.1, 0.15) is 17.0 Å². The van der Waals surface area contributed by atoms with E-state index in [1.54, 1.807) is 0 Å². The average molecular weight is 787 g/mol. The van der Waals surface area contributed by atoms with Gasteiger partial charge in [-0.05, 0) is 81.0 Å². The summed E-state index contributed by atoms with van der Waals surface area (Å²) in [4.78, 5) is 17.5. The molecule has 1 aliphatic carbocycles. The number of nitrogens with zero attached hydrogens (tertiary/aromatic N) is 4. The van der Waals surface area contributed by atoms with E-state index in [4.69, 9.17) is 19.4 Å². The second kappa shape index (κ2) is 12.8. The molecule has 0 bridgehead atoms. The Bertz CT molecular complexity index is 3760. The highest BCUT2D eigenvalue weighted by molar-refractivity contribution is 7.19. The molecular formula is C54H34N4OS. The van der Waals surface area contributed by atoms with E-state index < -0.39 is 0 Å². The average Bonchev–Trinajstić information content (AvgIpc) is 3.96. The zero-order valence-corrected chi connectivity index (χ0v) is 33.3. The van der Waals surface area contributed by atoms with Crippen LogP contribution in [0.2, 0.25) is 0 Å². The van der Waals surface area contributed by atoms with Crippen LogP contribution in [0.5, 0.6) is 0 Å². The first-order chi connectivity index (χ1) is 29.6. The molecule has 0 spiro atoms. The Balaban J connectivity index is 1.12. The van der Waals surface area contributed by atoms with Crippen LogP contribution in [0.3, 0.4) is 0 Å². The fraction of sp³-hybridized carbons (Fsp3) is 0.0556. The van der Waals surface area contributed by atoms with Crippen molar-refractivity contribution < 1.29 is 4.42 Å². The molecule has 0 amide bonds. The molecule has 12 aromatic rings. The predicted molar refractivity (Wildman–Crippen MR) is 249 cm³/mol. The summed E-state index contributed by atoms with van der Waals surface area (Å²) in [6.07, 6.45) is 4.58. The van der Waals surface area contributed by atoms with Crippen LogP contribution in [0.4, 0.5) is 0 Å². The molecule has 4 heterocycles. The summed E-state index contributed by atoms with van der Waals surface area (Å²) < 4.78 is 10.5. The first kappa shape index (κ1) is 33.6. The number of fused-ring (bicyclic) bond motifs is 11. The largest absolute Gasteiger partial charge is 0.456 e. The fourth-order valence-corrected chi connectivity index (χ4v) is 10.9. The van der Waals surface area contributed by atoms with Gasteiger partial charge in [0.2, 0.25) is 0 Å². The molecule has 60 heavy (non-hydrogen) atoms. The lowest BCUT2D eigenvalue weighted by Crippen LogP contribution is -2.15. The quantitative estimate of drug-likeness (QED) is 0.178. The van der Waals surface area contributed by atoms with Crippen LogP contribution in [0.15, 0.2) is 174 Å². The molecule has 0 saturated carbocycles. The fourth-order valence-electron chi connectivity index (χ4n) is 9.59. The number of thiophene rings is 1. The van der Waals surface area contributed by atoms with Gasteiger partial charge in [-0.1, -0.05) is 134 Å². The van der Waals surface area contributed by atoms with Gasteiger partial charge in [0.25, 0.3) is 0 Å². The van der Waals surface area contributed by atoms with E-state index in [1.165, 1.54) is 47.5 Å². The number of hydrogen-bond donors (Lipinski definition) is 0. The molecular weight excluding hydrogens is 753 g/mol. The van der Waals surface area contributed by atoms with Crippen LogP contribution in [-0.4, -0.2) is 19.5 Å². The maximum Gasteiger partial charge on any atom is 0.165 e. The second-order valence-electron chi connectivity index (χ2n) is 16.0. The molecule has 0 fully saturated rings. The molecule has 1 aliphatic rings. The lowest BCUT2D eigenvalue weighted by molar-refractivity contribution is 0.641. The second-order valence-corrected chi connectivity index (χ2v) is 17.1. The Morgan fingerprint density at radius 3 is 1.98 bits per heavy atom. The van der Waals surface area contributed by atoms with Gasteiger partial charge in [0.05, 0.1) is 16.7 Å². The van der Waals surface area contributed by atoms with Crippen LogP contribution in [0.25, 0.3) is 110 Å². The van der Waals surface area contributed by atoms with E-state index in [2.05, 4.69) is 169 Å². The molecule has 4 aromatic heterocycles. The number of aromatic nitrogens is 4. The van der Waals surface area contributed by atoms with Gasteiger partial charge in [0.15, 0.2) is 11.6 Å². The summed E-state index contributed by atoms with van der Waals surface area (Å²) in [6, 6.07) is 58.3. The maximum atomic E-state index is 6.78. The first-order valence-corrected chi connectivity index (χ1v) is 21.3. The number of rotatable bonds is 4. The standard InChI is InChI=1S/C54H34N4OS/c1-31-37(23-24-40-39-20-10-12-22-50(39)60-51(31)40)53-55-52(32-13-3-2-4-14-32)56-54(57-53)44-30-49-43(42-26-34-16-6-8-18-36(34)28-48(42)59-49)29-47(44)58-45-21-11-9-19-38(45)41-25-33-15-5-7-17-35(33)27-46(41)58/h2-31,37H,1H3. The van der Waals surface area contributed by atoms with E-state index in [9.17, 15) is 0 Å². The minimum absolute atomic E-state index is 0.0554. The van der Waals surface area contributed by atoms with E-state index in [0.717, 1.165) is 61.0 Å². The van der Waals surface area contributed by atoms with E-state index >= 15 is 0 Å². The zero-order valence-electron chi connectivity index (χ0n) is 32.5. The highest BCUT2D eigenvalue weighted by Crippen LogP contribution is 2.47. The van der Waals surface area contributed by atoms with Crippen molar-refractivity contribution in [2.24, 2.45) is 0 Å². The van der Waals surface area contributed by atoms with Gasteiger partial charge < -0.3 is 8.98 Å². The highest BCUT2D eigenvalue weighted by atomic mass is 32.1. The summed E-state index contributed by atoms with van der Waals surface area (Å²) in [7, 11) is 0. The Kier molecular flexibility index (Phi) is 7.15. The Morgan fingerprint density at radius 2 is 1.17 bits per heavy atom.